The lowest BCUT2D eigenvalue weighted by Gasteiger charge is -2.40. The number of amides is 2. The van der Waals surface area contributed by atoms with Crippen molar-refractivity contribution in [2.45, 2.75) is 50.9 Å². The fourth-order valence-corrected chi connectivity index (χ4v) is 4.58. The van der Waals surface area contributed by atoms with E-state index in [1.54, 1.807) is 16.7 Å². The molecule has 2 fully saturated rings. The zero-order valence-electron chi connectivity index (χ0n) is 18.0. The molecule has 1 aliphatic carbocycles. The first kappa shape index (κ1) is 22.6. The Morgan fingerprint density at radius 3 is 2.53 bits per heavy atom. The number of nitrogens with zero attached hydrogens (tertiary/aromatic N) is 2. The van der Waals surface area contributed by atoms with Crippen molar-refractivity contribution in [1.82, 2.24) is 15.1 Å². The Hall–Kier alpha value is -2.55. The number of hydrogen-bond acceptors (Lipinski definition) is 4. The van der Waals surface area contributed by atoms with E-state index in [0.29, 0.717) is 24.2 Å². The van der Waals surface area contributed by atoms with Gasteiger partial charge in [-0.3, -0.25) is 9.80 Å². The van der Waals surface area contributed by atoms with Gasteiger partial charge in [0.05, 0.1) is 24.1 Å². The predicted octanol–water partition coefficient (Wildman–Crippen LogP) is 4.01. The number of ether oxygens (including phenoxy) is 1. The lowest BCUT2D eigenvalue weighted by atomic mass is 9.93. The molecule has 1 saturated carbocycles. The van der Waals surface area contributed by atoms with Crippen molar-refractivity contribution in [3.8, 4) is 0 Å². The summed E-state index contributed by atoms with van der Waals surface area (Å²) in [6, 6.07) is 8.01. The van der Waals surface area contributed by atoms with Gasteiger partial charge in [-0.15, -0.1) is 0 Å². The molecule has 6 nitrogen and oxygen atoms in total. The quantitative estimate of drug-likeness (QED) is 0.664. The fourth-order valence-electron chi connectivity index (χ4n) is 4.58. The van der Waals surface area contributed by atoms with Gasteiger partial charge in [-0.25, -0.2) is 9.59 Å². The van der Waals surface area contributed by atoms with E-state index in [1.165, 1.54) is 0 Å². The maximum Gasteiger partial charge on any atom is 0.393 e. The van der Waals surface area contributed by atoms with Gasteiger partial charge in [-0.1, -0.05) is 30.3 Å². The number of urea groups is 1. The summed E-state index contributed by atoms with van der Waals surface area (Å²) in [7, 11) is 0. The summed E-state index contributed by atoms with van der Waals surface area (Å²) in [6.45, 7) is 2.32. The molecule has 2 atom stereocenters. The highest BCUT2D eigenvalue weighted by molar-refractivity contribution is 5.95. The van der Waals surface area contributed by atoms with Crippen LogP contribution in [0, 0.1) is 5.92 Å². The van der Waals surface area contributed by atoms with Crippen LogP contribution in [0.4, 0.5) is 18.0 Å². The van der Waals surface area contributed by atoms with Gasteiger partial charge in [0.1, 0.15) is 0 Å². The lowest BCUT2D eigenvalue weighted by molar-refractivity contribution is -0.186. The maximum atomic E-state index is 13.4. The number of piperidine rings is 1. The van der Waals surface area contributed by atoms with Crippen LogP contribution < -0.4 is 5.32 Å². The number of alkyl halides is 3. The van der Waals surface area contributed by atoms with Crippen molar-refractivity contribution in [3.05, 3.63) is 47.2 Å². The molecule has 174 valence electrons. The van der Waals surface area contributed by atoms with Crippen LogP contribution in [0.2, 0.25) is 0 Å². The minimum absolute atomic E-state index is 0.0469. The van der Waals surface area contributed by atoms with Crippen molar-refractivity contribution in [1.29, 1.82) is 0 Å². The molecule has 2 aliphatic heterocycles. The van der Waals surface area contributed by atoms with E-state index < -0.39 is 24.1 Å². The molecule has 3 aliphatic rings. The van der Waals surface area contributed by atoms with E-state index in [1.807, 2.05) is 30.3 Å². The highest BCUT2D eigenvalue weighted by Gasteiger charge is 2.46. The molecular formula is C23H28F3N3O3. The van der Waals surface area contributed by atoms with Gasteiger partial charge in [0.2, 0.25) is 0 Å². The van der Waals surface area contributed by atoms with Crippen LogP contribution in [-0.4, -0.2) is 60.3 Å². The first-order valence-electron chi connectivity index (χ1n) is 11.1. The first-order chi connectivity index (χ1) is 15.3. The number of halogens is 3. The van der Waals surface area contributed by atoms with Gasteiger partial charge in [-0.05, 0) is 44.7 Å². The smallest absolute Gasteiger partial charge is 0.393 e. The second-order valence-corrected chi connectivity index (χ2v) is 8.59. The largest absolute Gasteiger partial charge is 0.463 e. The highest BCUT2D eigenvalue weighted by atomic mass is 19.4. The molecule has 1 aromatic rings. The topological polar surface area (TPSA) is 61.9 Å². The normalized spacial score (nSPS) is 25.0. The van der Waals surface area contributed by atoms with Crippen LogP contribution in [0.1, 0.15) is 44.2 Å². The summed E-state index contributed by atoms with van der Waals surface area (Å²) in [6.07, 6.45) is -2.14. The highest BCUT2D eigenvalue weighted by Crippen LogP contribution is 2.40. The number of esters is 1. The summed E-state index contributed by atoms with van der Waals surface area (Å²) < 4.78 is 45.5. The average Bonchev–Trinajstić information content (AvgIpc) is 3.59. The number of carbonyl (C=O) groups is 2. The maximum absolute atomic E-state index is 13.4. The van der Waals surface area contributed by atoms with Crippen molar-refractivity contribution < 1.29 is 27.5 Å². The number of benzene rings is 1. The van der Waals surface area contributed by atoms with Crippen LogP contribution in [0.5, 0.6) is 0 Å². The SMILES string of the molecule is CCOC(=O)C1=C(CN2CCC[C@@H](C(F)(F)F)C2)N(C2CC2)C(=O)N[C@H]1c1ccccc1. The number of carbonyl (C=O) groups excluding carboxylic acids is 2. The summed E-state index contributed by atoms with van der Waals surface area (Å²) in [5.74, 6) is -1.95. The number of hydrogen-bond donors (Lipinski definition) is 1. The van der Waals surface area contributed by atoms with Gasteiger partial charge in [-0.2, -0.15) is 13.2 Å². The summed E-state index contributed by atoms with van der Waals surface area (Å²) in [5, 5.41) is 2.92. The number of nitrogens with one attached hydrogen (secondary N) is 1. The third-order valence-corrected chi connectivity index (χ3v) is 6.26. The molecule has 2 heterocycles. The Morgan fingerprint density at radius 1 is 1.19 bits per heavy atom. The van der Waals surface area contributed by atoms with Crippen LogP contribution in [0.25, 0.3) is 0 Å². The Balaban J connectivity index is 1.74. The van der Waals surface area contributed by atoms with Crippen LogP contribution in [-0.2, 0) is 9.53 Å². The van der Waals surface area contributed by atoms with Gasteiger partial charge < -0.3 is 10.1 Å². The van der Waals surface area contributed by atoms with Crippen molar-refractivity contribution >= 4 is 12.0 Å². The van der Waals surface area contributed by atoms with E-state index in [2.05, 4.69) is 5.32 Å². The minimum Gasteiger partial charge on any atom is -0.463 e. The Labute approximate surface area is 185 Å². The van der Waals surface area contributed by atoms with Crippen molar-refractivity contribution in [3.63, 3.8) is 0 Å². The fraction of sp³-hybridized carbons (Fsp3) is 0.565. The molecule has 2 amide bonds. The van der Waals surface area contributed by atoms with E-state index in [9.17, 15) is 22.8 Å². The molecule has 1 N–H and O–H groups in total. The second kappa shape index (κ2) is 9.13. The number of rotatable bonds is 6. The van der Waals surface area contributed by atoms with Gasteiger partial charge in [0, 0.05) is 24.8 Å². The standard InChI is InChI=1S/C23H28F3N3O3/c1-2-32-21(30)19-18(14-28-12-6-9-16(13-28)23(24,25)26)29(17-10-11-17)22(31)27-20(19)15-7-4-3-5-8-15/h3-5,7-8,16-17,20H,2,6,9-14H2,1H3,(H,27,31)/t16-,20+/m1/s1. The molecule has 1 aromatic carbocycles. The first-order valence-corrected chi connectivity index (χ1v) is 11.1. The van der Waals surface area contributed by atoms with E-state index >= 15 is 0 Å². The Morgan fingerprint density at radius 2 is 1.91 bits per heavy atom. The third-order valence-electron chi connectivity index (χ3n) is 6.26. The monoisotopic (exact) mass is 451 g/mol. The molecule has 0 aromatic heterocycles. The van der Waals surface area contributed by atoms with E-state index in [4.69, 9.17) is 4.74 Å². The minimum atomic E-state index is -4.26. The third kappa shape index (κ3) is 4.77. The molecule has 1 saturated heterocycles. The summed E-state index contributed by atoms with van der Waals surface area (Å²) >= 11 is 0. The molecule has 32 heavy (non-hydrogen) atoms. The van der Waals surface area contributed by atoms with Gasteiger partial charge in [0.15, 0.2) is 0 Å². The Kier molecular flexibility index (Phi) is 6.46. The molecule has 0 radical (unpaired) electrons. The average molecular weight is 451 g/mol. The zero-order valence-corrected chi connectivity index (χ0v) is 18.0. The second-order valence-electron chi connectivity index (χ2n) is 8.59. The van der Waals surface area contributed by atoms with E-state index in [-0.39, 0.29) is 38.2 Å². The molecule has 9 heteroatoms. The van der Waals surface area contributed by atoms with Crippen LogP contribution in [0.3, 0.4) is 0 Å². The van der Waals surface area contributed by atoms with Crippen molar-refractivity contribution in [2.75, 3.05) is 26.2 Å². The van der Waals surface area contributed by atoms with Crippen molar-refractivity contribution in [2.24, 2.45) is 5.92 Å². The Bertz CT molecular complexity index is 883. The van der Waals surface area contributed by atoms with E-state index in [0.717, 1.165) is 18.4 Å². The van der Waals surface area contributed by atoms with Crippen LogP contribution >= 0.6 is 0 Å². The number of likely N-dealkylation sites (tertiary alicyclic amines) is 1. The van der Waals surface area contributed by atoms with Crippen LogP contribution in [0.15, 0.2) is 41.6 Å². The summed E-state index contributed by atoms with van der Waals surface area (Å²) in [5.41, 5.74) is 1.49. The lowest BCUT2D eigenvalue weighted by Crippen LogP contribution is -2.52. The summed E-state index contributed by atoms with van der Waals surface area (Å²) in [4.78, 5) is 29.5. The molecular weight excluding hydrogens is 423 g/mol. The zero-order chi connectivity index (χ0) is 22.9. The molecule has 0 spiro atoms. The molecule has 4 rings (SSSR count). The molecule has 0 bridgehead atoms. The van der Waals surface area contributed by atoms with Gasteiger partial charge in [0.25, 0.3) is 0 Å². The molecule has 0 unspecified atom stereocenters. The van der Waals surface area contributed by atoms with Gasteiger partial charge >= 0.3 is 18.2 Å². The predicted molar refractivity (Wildman–Crippen MR) is 111 cm³/mol.